The van der Waals surface area contributed by atoms with E-state index in [9.17, 15) is 0 Å². The summed E-state index contributed by atoms with van der Waals surface area (Å²) in [6.45, 7) is 1.71. The molecular weight excluding hydrogens is 364 g/mol. The van der Waals surface area contributed by atoms with Crippen molar-refractivity contribution >= 4 is 28.6 Å². The number of fused-ring (bicyclic) bond motifs is 1. The average Bonchev–Trinajstić information content (AvgIpc) is 3.43. The van der Waals surface area contributed by atoms with Crippen molar-refractivity contribution in [3.63, 3.8) is 0 Å². The molecule has 1 N–H and O–H groups in total. The van der Waals surface area contributed by atoms with Gasteiger partial charge in [-0.1, -0.05) is 42.5 Å². The summed E-state index contributed by atoms with van der Waals surface area (Å²) in [7, 11) is 0. The van der Waals surface area contributed by atoms with Gasteiger partial charge in [0.15, 0.2) is 0 Å². The minimum absolute atomic E-state index is 0.822. The number of rotatable bonds is 4. The summed E-state index contributed by atoms with van der Waals surface area (Å²) >= 11 is 1.76. The van der Waals surface area contributed by atoms with Gasteiger partial charge in [-0.05, 0) is 47.7 Å². The van der Waals surface area contributed by atoms with Gasteiger partial charge in [-0.3, -0.25) is 4.99 Å². The predicted molar refractivity (Wildman–Crippen MR) is 118 cm³/mol. The van der Waals surface area contributed by atoms with Crippen LogP contribution in [0.3, 0.4) is 0 Å². The molecule has 1 aromatic heterocycles. The van der Waals surface area contributed by atoms with Crippen LogP contribution in [0, 0.1) is 0 Å². The lowest BCUT2D eigenvalue weighted by Crippen LogP contribution is -2.20. The Hall–Kier alpha value is -2.98. The van der Waals surface area contributed by atoms with Crippen LogP contribution in [-0.4, -0.2) is 25.2 Å². The summed E-state index contributed by atoms with van der Waals surface area (Å²) in [6, 6.07) is 25.5. The lowest BCUT2D eigenvalue weighted by atomic mass is 10.0. The van der Waals surface area contributed by atoms with Crippen molar-refractivity contribution in [2.75, 3.05) is 19.3 Å². The molecule has 0 fully saturated rings. The van der Waals surface area contributed by atoms with E-state index in [-0.39, 0.29) is 0 Å². The number of thioether (sulfide) groups is 1. The molecule has 0 radical (unpaired) electrons. The molecule has 4 heteroatoms. The highest BCUT2D eigenvalue weighted by Crippen LogP contribution is 2.33. The van der Waals surface area contributed by atoms with Crippen LogP contribution in [0.5, 0.6) is 0 Å². The van der Waals surface area contributed by atoms with Crippen LogP contribution in [0.4, 0.5) is 0 Å². The number of amidine groups is 1. The van der Waals surface area contributed by atoms with Crippen molar-refractivity contribution < 1.29 is 4.42 Å². The molecule has 0 amide bonds. The van der Waals surface area contributed by atoms with Crippen LogP contribution in [-0.2, 0) is 0 Å². The van der Waals surface area contributed by atoms with E-state index in [1.54, 1.807) is 11.8 Å². The first-order chi connectivity index (χ1) is 13.8. The normalized spacial score (nSPS) is 13.5. The van der Waals surface area contributed by atoms with Gasteiger partial charge in [0.25, 0.3) is 0 Å². The standard InChI is InChI=1S/C24H20N2OS/c1-28-19-9-6-16(7-10-19)17-8-11-22-18(14-17)15-23(27-22)20-4-2-3-5-21(20)24-25-12-13-26-24/h2-11,14-15H,12-13H2,1H3,(H,25,26). The molecule has 0 aliphatic carbocycles. The highest BCUT2D eigenvalue weighted by molar-refractivity contribution is 7.98. The van der Waals surface area contributed by atoms with Gasteiger partial charge in [0.1, 0.15) is 17.2 Å². The van der Waals surface area contributed by atoms with Gasteiger partial charge in [-0.25, -0.2) is 0 Å². The van der Waals surface area contributed by atoms with E-state index in [1.807, 2.05) is 12.1 Å². The highest BCUT2D eigenvalue weighted by atomic mass is 32.2. The third kappa shape index (κ3) is 3.10. The zero-order valence-corrected chi connectivity index (χ0v) is 16.4. The van der Waals surface area contributed by atoms with Crippen molar-refractivity contribution in [1.82, 2.24) is 5.32 Å². The molecule has 0 atom stereocenters. The molecule has 0 unspecified atom stereocenters. The van der Waals surface area contributed by atoms with Gasteiger partial charge < -0.3 is 9.73 Å². The first kappa shape index (κ1) is 17.1. The zero-order chi connectivity index (χ0) is 18.9. The predicted octanol–water partition coefficient (Wildman–Crippen LogP) is 5.84. The third-order valence-corrected chi connectivity index (χ3v) is 5.81. The summed E-state index contributed by atoms with van der Waals surface area (Å²) in [5, 5.41) is 4.47. The van der Waals surface area contributed by atoms with E-state index >= 15 is 0 Å². The van der Waals surface area contributed by atoms with Crippen LogP contribution in [0.1, 0.15) is 5.56 Å². The fourth-order valence-corrected chi connectivity index (χ4v) is 4.03. The number of hydrogen-bond donors (Lipinski definition) is 1. The Kier molecular flexibility index (Phi) is 4.41. The van der Waals surface area contributed by atoms with E-state index < -0.39 is 0 Å². The fourth-order valence-electron chi connectivity index (χ4n) is 3.62. The largest absolute Gasteiger partial charge is 0.456 e. The van der Waals surface area contributed by atoms with Gasteiger partial charge in [0.2, 0.25) is 0 Å². The number of aliphatic imine (C=N–C) groups is 1. The molecule has 0 saturated carbocycles. The van der Waals surface area contributed by atoms with E-state index in [0.29, 0.717) is 0 Å². The first-order valence-electron chi connectivity index (χ1n) is 9.38. The highest BCUT2D eigenvalue weighted by Gasteiger charge is 2.16. The molecule has 0 saturated heterocycles. The first-order valence-corrected chi connectivity index (χ1v) is 10.6. The molecule has 4 aromatic rings. The molecule has 0 spiro atoms. The fraction of sp³-hybridized carbons (Fsp3) is 0.125. The molecule has 5 rings (SSSR count). The zero-order valence-electron chi connectivity index (χ0n) is 15.6. The number of hydrogen-bond acceptors (Lipinski definition) is 4. The maximum atomic E-state index is 6.20. The smallest absolute Gasteiger partial charge is 0.136 e. The van der Waals surface area contributed by atoms with E-state index in [2.05, 4.69) is 77.2 Å². The molecular formula is C24H20N2OS. The number of nitrogens with zero attached hydrogens (tertiary/aromatic N) is 1. The lowest BCUT2D eigenvalue weighted by Gasteiger charge is -2.07. The maximum absolute atomic E-state index is 6.20. The van der Waals surface area contributed by atoms with Gasteiger partial charge in [-0.2, -0.15) is 0 Å². The summed E-state index contributed by atoms with van der Waals surface area (Å²) < 4.78 is 6.20. The van der Waals surface area contributed by atoms with E-state index in [4.69, 9.17) is 4.42 Å². The Morgan fingerprint density at radius 3 is 2.43 bits per heavy atom. The third-order valence-electron chi connectivity index (χ3n) is 5.06. The second-order valence-electron chi connectivity index (χ2n) is 6.79. The van der Waals surface area contributed by atoms with Crippen molar-refractivity contribution in [3.05, 3.63) is 78.4 Å². The number of nitrogens with one attached hydrogen (secondary N) is 1. The van der Waals surface area contributed by atoms with Crippen LogP contribution in [0.2, 0.25) is 0 Å². The lowest BCUT2D eigenvalue weighted by molar-refractivity contribution is 0.631. The van der Waals surface area contributed by atoms with Crippen LogP contribution in [0.25, 0.3) is 33.4 Å². The molecule has 3 nitrogen and oxygen atoms in total. The van der Waals surface area contributed by atoms with Crippen LogP contribution in [0.15, 0.2) is 87.1 Å². The summed E-state index contributed by atoms with van der Waals surface area (Å²) in [4.78, 5) is 5.85. The summed E-state index contributed by atoms with van der Waals surface area (Å²) in [6.07, 6.45) is 2.10. The van der Waals surface area contributed by atoms with Crippen LogP contribution >= 0.6 is 11.8 Å². The minimum Gasteiger partial charge on any atom is -0.456 e. The molecule has 28 heavy (non-hydrogen) atoms. The Balaban J connectivity index is 1.56. The molecule has 138 valence electrons. The molecule has 0 bridgehead atoms. The second kappa shape index (κ2) is 7.21. The molecule has 1 aliphatic heterocycles. The minimum atomic E-state index is 0.822. The Morgan fingerprint density at radius 1 is 0.893 bits per heavy atom. The Labute approximate surface area is 168 Å². The van der Waals surface area contributed by atoms with Gasteiger partial charge in [0.05, 0.1) is 6.54 Å². The van der Waals surface area contributed by atoms with E-state index in [0.717, 1.165) is 46.8 Å². The van der Waals surface area contributed by atoms with Crippen molar-refractivity contribution in [2.45, 2.75) is 4.90 Å². The van der Waals surface area contributed by atoms with Crippen molar-refractivity contribution in [3.8, 4) is 22.5 Å². The topological polar surface area (TPSA) is 37.5 Å². The number of furan rings is 1. The molecule has 1 aliphatic rings. The summed E-state index contributed by atoms with van der Waals surface area (Å²) in [5.41, 5.74) is 5.47. The SMILES string of the molecule is CSc1ccc(-c2ccc3oc(-c4ccccc4C4=NCCN4)cc3c2)cc1. The maximum Gasteiger partial charge on any atom is 0.136 e. The number of benzene rings is 3. The van der Waals surface area contributed by atoms with E-state index in [1.165, 1.54) is 16.0 Å². The monoisotopic (exact) mass is 384 g/mol. The molecule has 3 aromatic carbocycles. The average molecular weight is 385 g/mol. The van der Waals surface area contributed by atoms with Gasteiger partial charge in [0, 0.05) is 28.0 Å². The Bertz CT molecular complexity index is 1170. The van der Waals surface area contributed by atoms with Crippen molar-refractivity contribution in [2.24, 2.45) is 4.99 Å². The second-order valence-corrected chi connectivity index (χ2v) is 7.67. The van der Waals surface area contributed by atoms with Crippen molar-refractivity contribution in [1.29, 1.82) is 0 Å². The van der Waals surface area contributed by atoms with Crippen LogP contribution < -0.4 is 5.32 Å². The quantitative estimate of drug-likeness (QED) is 0.449. The van der Waals surface area contributed by atoms with Gasteiger partial charge in [-0.15, -0.1) is 11.8 Å². The molecule has 2 heterocycles. The Morgan fingerprint density at radius 2 is 1.68 bits per heavy atom. The van der Waals surface area contributed by atoms with Gasteiger partial charge >= 0.3 is 0 Å². The summed E-state index contributed by atoms with van der Waals surface area (Å²) in [5.74, 6) is 1.82.